The maximum Gasteiger partial charge on any atom is 0.333 e. The summed E-state index contributed by atoms with van der Waals surface area (Å²) in [6.07, 6.45) is 0.248. The first-order chi connectivity index (χ1) is 12.1. The summed E-state index contributed by atoms with van der Waals surface area (Å²) in [5, 5.41) is 5.77. The highest BCUT2D eigenvalue weighted by Gasteiger charge is 2.59. The monoisotopic (exact) mass is 341 g/mol. The third-order valence-corrected chi connectivity index (χ3v) is 4.14. The molecule has 0 radical (unpaired) electrons. The molecule has 1 aliphatic heterocycles. The van der Waals surface area contributed by atoms with Gasteiger partial charge in [0.05, 0.1) is 19.4 Å². The Bertz CT molecular complexity index is 811. The molecule has 0 fully saturated rings. The van der Waals surface area contributed by atoms with Gasteiger partial charge in [-0.05, 0) is 36.2 Å². The molecule has 0 amide bonds. The number of hydrogen-bond acceptors (Lipinski definition) is 6. The minimum Gasteiger partial charge on any atom is -0.465 e. The molecule has 1 unspecified atom stereocenters. The number of nitrogens with zero attached hydrogens (tertiary/aromatic N) is 1. The van der Waals surface area contributed by atoms with Crippen molar-refractivity contribution in [3.05, 3.63) is 48.0 Å². The van der Waals surface area contributed by atoms with Crippen LogP contribution in [0.5, 0.6) is 0 Å². The maximum absolute atomic E-state index is 12.6. The summed E-state index contributed by atoms with van der Waals surface area (Å²) in [4.78, 5) is 30.7. The van der Waals surface area contributed by atoms with Crippen molar-refractivity contribution >= 4 is 28.9 Å². The standard InChI is InChI=1S/C19H19NO5/c1-3-23-17(21)19(18(22)24-4-2)12-20-25-16(19)15-10-9-13-7-5-6-8-14(13)11-15/h5-12,16H,3-4H2,1-2H3. The van der Waals surface area contributed by atoms with Crippen molar-refractivity contribution in [3.63, 3.8) is 0 Å². The van der Waals surface area contributed by atoms with Crippen LogP contribution in [0.3, 0.4) is 0 Å². The van der Waals surface area contributed by atoms with Gasteiger partial charge in [-0.1, -0.05) is 41.6 Å². The summed E-state index contributed by atoms with van der Waals surface area (Å²) in [6, 6.07) is 13.4. The zero-order valence-electron chi connectivity index (χ0n) is 14.1. The number of oxime groups is 1. The molecular formula is C19H19NO5. The highest BCUT2D eigenvalue weighted by molar-refractivity contribution is 6.16. The first-order valence-electron chi connectivity index (χ1n) is 8.17. The van der Waals surface area contributed by atoms with Crippen LogP contribution in [0.15, 0.2) is 47.6 Å². The molecule has 0 bridgehead atoms. The number of fused-ring (bicyclic) bond motifs is 1. The van der Waals surface area contributed by atoms with Crippen LogP contribution in [-0.2, 0) is 23.9 Å². The topological polar surface area (TPSA) is 74.2 Å². The van der Waals surface area contributed by atoms with Crippen molar-refractivity contribution in [1.29, 1.82) is 0 Å². The molecular weight excluding hydrogens is 322 g/mol. The Kier molecular flexibility index (Phi) is 4.70. The predicted molar refractivity (Wildman–Crippen MR) is 92.0 cm³/mol. The second kappa shape index (κ2) is 6.93. The lowest BCUT2D eigenvalue weighted by atomic mass is 9.79. The van der Waals surface area contributed by atoms with E-state index >= 15 is 0 Å². The SMILES string of the molecule is CCOC(=O)C1(C(=O)OCC)C=NOC1c1ccc2ccccc2c1. The molecule has 0 N–H and O–H groups in total. The second-order valence-electron chi connectivity index (χ2n) is 5.64. The third-order valence-electron chi connectivity index (χ3n) is 4.14. The molecule has 0 aliphatic carbocycles. The lowest BCUT2D eigenvalue weighted by Gasteiger charge is -2.27. The van der Waals surface area contributed by atoms with Gasteiger partial charge in [-0.2, -0.15) is 0 Å². The Morgan fingerprint density at radius 2 is 1.68 bits per heavy atom. The van der Waals surface area contributed by atoms with E-state index in [1.165, 1.54) is 6.21 Å². The molecule has 2 aromatic carbocycles. The van der Waals surface area contributed by atoms with Gasteiger partial charge < -0.3 is 14.3 Å². The van der Waals surface area contributed by atoms with Crippen molar-refractivity contribution in [2.75, 3.05) is 13.2 Å². The van der Waals surface area contributed by atoms with E-state index in [0.717, 1.165) is 10.8 Å². The fourth-order valence-corrected chi connectivity index (χ4v) is 2.92. The van der Waals surface area contributed by atoms with Gasteiger partial charge in [0.25, 0.3) is 0 Å². The van der Waals surface area contributed by atoms with Crippen molar-refractivity contribution in [2.45, 2.75) is 20.0 Å². The first-order valence-corrected chi connectivity index (χ1v) is 8.17. The third kappa shape index (κ3) is 2.84. The number of hydrogen-bond donors (Lipinski definition) is 0. The summed E-state index contributed by atoms with van der Waals surface area (Å²) in [5.41, 5.74) is -1.09. The summed E-state index contributed by atoms with van der Waals surface area (Å²) < 4.78 is 10.2. The van der Waals surface area contributed by atoms with Gasteiger partial charge in [-0.25, -0.2) is 0 Å². The number of ether oxygens (including phenoxy) is 2. The maximum atomic E-state index is 12.6. The van der Waals surface area contributed by atoms with Crippen LogP contribution in [0.25, 0.3) is 10.8 Å². The Morgan fingerprint density at radius 3 is 2.32 bits per heavy atom. The van der Waals surface area contributed by atoms with Gasteiger partial charge in [0, 0.05) is 0 Å². The van der Waals surface area contributed by atoms with Crippen LogP contribution in [-0.4, -0.2) is 31.4 Å². The summed E-state index contributed by atoms with van der Waals surface area (Å²) in [7, 11) is 0. The lowest BCUT2D eigenvalue weighted by molar-refractivity contribution is -0.173. The molecule has 6 nitrogen and oxygen atoms in total. The predicted octanol–water partition coefficient (Wildman–Crippen LogP) is 3.01. The van der Waals surface area contributed by atoms with E-state index in [9.17, 15) is 9.59 Å². The van der Waals surface area contributed by atoms with Gasteiger partial charge in [-0.3, -0.25) is 9.59 Å². The minimum atomic E-state index is -1.74. The normalized spacial score (nSPS) is 17.9. The fraction of sp³-hybridized carbons (Fsp3) is 0.316. The van der Waals surface area contributed by atoms with Crippen LogP contribution in [0, 0.1) is 5.41 Å². The molecule has 3 rings (SSSR count). The van der Waals surface area contributed by atoms with Crippen molar-refractivity contribution < 1.29 is 23.9 Å². The zero-order chi connectivity index (χ0) is 17.9. The van der Waals surface area contributed by atoms with Gasteiger partial charge in [0.15, 0.2) is 6.10 Å². The number of benzene rings is 2. The number of esters is 2. The van der Waals surface area contributed by atoms with E-state index in [0.29, 0.717) is 5.56 Å². The van der Waals surface area contributed by atoms with Gasteiger partial charge >= 0.3 is 11.9 Å². The molecule has 1 aliphatic rings. The molecule has 1 atom stereocenters. The quantitative estimate of drug-likeness (QED) is 0.617. The summed E-state index contributed by atoms with van der Waals surface area (Å²) in [5.74, 6) is -1.46. The van der Waals surface area contributed by atoms with Crippen LogP contribution >= 0.6 is 0 Å². The Balaban J connectivity index is 2.07. The van der Waals surface area contributed by atoms with Crippen LogP contribution in [0.4, 0.5) is 0 Å². The Labute approximate surface area is 145 Å². The Morgan fingerprint density at radius 1 is 1.04 bits per heavy atom. The van der Waals surface area contributed by atoms with Gasteiger partial charge in [-0.15, -0.1) is 0 Å². The lowest BCUT2D eigenvalue weighted by Crippen LogP contribution is -2.46. The van der Waals surface area contributed by atoms with Crippen LogP contribution in [0.1, 0.15) is 25.5 Å². The number of carbonyl (C=O) groups is 2. The molecule has 6 heteroatoms. The largest absolute Gasteiger partial charge is 0.465 e. The molecule has 0 aromatic heterocycles. The molecule has 0 spiro atoms. The van der Waals surface area contributed by atoms with E-state index in [1.54, 1.807) is 13.8 Å². The molecule has 130 valence electrons. The average Bonchev–Trinajstić information content (AvgIpc) is 3.08. The molecule has 25 heavy (non-hydrogen) atoms. The zero-order valence-corrected chi connectivity index (χ0v) is 14.1. The Hall–Kier alpha value is -2.89. The molecule has 1 heterocycles. The van der Waals surface area contributed by atoms with Crippen molar-refractivity contribution in [2.24, 2.45) is 10.6 Å². The van der Waals surface area contributed by atoms with Crippen LogP contribution in [0.2, 0.25) is 0 Å². The summed E-state index contributed by atoms with van der Waals surface area (Å²) >= 11 is 0. The van der Waals surface area contributed by atoms with E-state index in [-0.39, 0.29) is 13.2 Å². The highest BCUT2D eigenvalue weighted by atomic mass is 16.7. The molecule has 2 aromatic rings. The van der Waals surface area contributed by atoms with Crippen LogP contribution < -0.4 is 0 Å². The van der Waals surface area contributed by atoms with E-state index in [4.69, 9.17) is 14.3 Å². The number of carbonyl (C=O) groups excluding carboxylic acids is 2. The van der Waals surface area contributed by atoms with Crippen molar-refractivity contribution in [3.8, 4) is 0 Å². The van der Waals surface area contributed by atoms with Gasteiger partial charge in [0.1, 0.15) is 0 Å². The minimum absolute atomic E-state index is 0.137. The smallest absolute Gasteiger partial charge is 0.333 e. The van der Waals surface area contributed by atoms with E-state index in [2.05, 4.69) is 5.16 Å². The second-order valence-corrected chi connectivity index (χ2v) is 5.64. The van der Waals surface area contributed by atoms with E-state index < -0.39 is 23.5 Å². The molecule has 0 saturated heterocycles. The first kappa shape index (κ1) is 17.0. The number of rotatable bonds is 5. The van der Waals surface area contributed by atoms with E-state index in [1.807, 2.05) is 42.5 Å². The average molecular weight is 341 g/mol. The summed E-state index contributed by atoms with van der Waals surface area (Å²) in [6.45, 7) is 3.63. The van der Waals surface area contributed by atoms with Gasteiger partial charge in [0.2, 0.25) is 5.41 Å². The highest BCUT2D eigenvalue weighted by Crippen LogP contribution is 2.43. The van der Waals surface area contributed by atoms with Crippen molar-refractivity contribution in [1.82, 2.24) is 0 Å². The fourth-order valence-electron chi connectivity index (χ4n) is 2.92. The molecule has 0 saturated carbocycles.